The topological polar surface area (TPSA) is 59.2 Å². The molecule has 2 heterocycles. The molecule has 0 atom stereocenters. The Hall–Kier alpha value is -1.39. The van der Waals surface area contributed by atoms with Crippen LogP contribution in [0.1, 0.15) is 50.8 Å². The van der Waals surface area contributed by atoms with Gasteiger partial charge in [-0.2, -0.15) is 0 Å². The average Bonchev–Trinajstić information content (AvgIpc) is 2.75. The number of aryl methyl sites for hydroxylation is 1. The van der Waals surface area contributed by atoms with Gasteiger partial charge in [0.25, 0.3) is 0 Å². The lowest BCUT2D eigenvalue weighted by Gasteiger charge is -2.31. The van der Waals surface area contributed by atoms with Crippen LogP contribution < -0.4 is 0 Å². The Labute approximate surface area is 108 Å². The van der Waals surface area contributed by atoms with Gasteiger partial charge in [-0.1, -0.05) is 13.8 Å². The zero-order valence-electron chi connectivity index (χ0n) is 11.3. The van der Waals surface area contributed by atoms with Crippen LogP contribution in [-0.4, -0.2) is 34.1 Å². The Morgan fingerprint density at radius 2 is 2.06 bits per heavy atom. The van der Waals surface area contributed by atoms with Crippen LogP contribution in [0.2, 0.25) is 0 Å². The van der Waals surface area contributed by atoms with Gasteiger partial charge in [0, 0.05) is 32.4 Å². The Kier molecular flexibility index (Phi) is 3.99. The minimum atomic E-state index is 0.269. The number of likely N-dealkylation sites (tertiary alicyclic amines) is 1. The number of carbonyl (C=O) groups excluding carboxylic acids is 1. The van der Waals surface area contributed by atoms with Gasteiger partial charge in [0.15, 0.2) is 0 Å². The summed E-state index contributed by atoms with van der Waals surface area (Å²) < 4.78 is 5.46. The lowest BCUT2D eigenvalue weighted by atomic mass is 9.96. The molecule has 0 spiro atoms. The monoisotopic (exact) mass is 251 g/mol. The summed E-state index contributed by atoms with van der Waals surface area (Å²) in [5, 5.41) is 7.93. The van der Waals surface area contributed by atoms with Crippen LogP contribution in [0.5, 0.6) is 0 Å². The molecule has 5 heteroatoms. The first kappa shape index (κ1) is 13.1. The molecule has 0 N–H and O–H groups in total. The van der Waals surface area contributed by atoms with Gasteiger partial charge in [-0.25, -0.2) is 0 Å². The molecule has 1 aliphatic heterocycles. The van der Waals surface area contributed by atoms with Gasteiger partial charge in [-0.05, 0) is 18.8 Å². The average molecular weight is 251 g/mol. The molecule has 0 unspecified atom stereocenters. The second-order valence-corrected chi connectivity index (χ2v) is 5.41. The fourth-order valence-corrected chi connectivity index (χ4v) is 2.33. The van der Waals surface area contributed by atoms with E-state index in [0.29, 0.717) is 24.1 Å². The third kappa shape index (κ3) is 3.09. The highest BCUT2D eigenvalue weighted by atomic mass is 16.4. The van der Waals surface area contributed by atoms with Gasteiger partial charge in [0.1, 0.15) is 0 Å². The van der Waals surface area contributed by atoms with Crippen molar-refractivity contribution < 1.29 is 9.21 Å². The van der Waals surface area contributed by atoms with Crippen molar-refractivity contribution in [2.45, 2.75) is 46.0 Å². The number of piperidine rings is 1. The maximum absolute atomic E-state index is 11.9. The van der Waals surface area contributed by atoms with E-state index in [4.69, 9.17) is 4.42 Å². The molecule has 1 saturated heterocycles. The summed E-state index contributed by atoms with van der Waals surface area (Å²) in [6, 6.07) is 0. The Bertz CT molecular complexity index is 406. The van der Waals surface area contributed by atoms with Crippen molar-refractivity contribution in [3.63, 3.8) is 0 Å². The number of aromatic nitrogens is 2. The molecule has 1 aromatic heterocycles. The number of amides is 1. The first-order chi connectivity index (χ1) is 8.56. The minimum Gasteiger partial charge on any atom is -0.425 e. The lowest BCUT2D eigenvalue weighted by molar-refractivity contribution is -0.133. The van der Waals surface area contributed by atoms with Crippen LogP contribution in [0, 0.1) is 12.8 Å². The maximum atomic E-state index is 11.9. The highest BCUT2D eigenvalue weighted by molar-refractivity contribution is 5.76. The molecule has 0 bridgehead atoms. The van der Waals surface area contributed by atoms with Crippen LogP contribution in [0.25, 0.3) is 0 Å². The highest BCUT2D eigenvalue weighted by Crippen LogP contribution is 2.27. The summed E-state index contributed by atoms with van der Waals surface area (Å²) >= 11 is 0. The van der Waals surface area contributed by atoms with E-state index in [1.165, 1.54) is 0 Å². The number of carbonyl (C=O) groups is 1. The highest BCUT2D eigenvalue weighted by Gasteiger charge is 2.26. The zero-order chi connectivity index (χ0) is 13.1. The largest absolute Gasteiger partial charge is 0.425 e. The SMILES string of the molecule is Cc1nnc(C2CCN(C(=O)CC(C)C)CC2)o1. The van der Waals surface area contributed by atoms with Gasteiger partial charge in [0.05, 0.1) is 0 Å². The quantitative estimate of drug-likeness (QED) is 0.825. The minimum absolute atomic E-state index is 0.269. The summed E-state index contributed by atoms with van der Waals surface area (Å²) in [6.07, 6.45) is 2.49. The first-order valence-electron chi connectivity index (χ1n) is 6.64. The molecule has 5 nitrogen and oxygen atoms in total. The van der Waals surface area contributed by atoms with Crippen molar-refractivity contribution in [2.24, 2.45) is 5.92 Å². The number of rotatable bonds is 3. The molecule has 1 aromatic rings. The van der Waals surface area contributed by atoms with E-state index in [-0.39, 0.29) is 5.91 Å². The van der Waals surface area contributed by atoms with E-state index in [1.54, 1.807) is 6.92 Å². The second kappa shape index (κ2) is 5.50. The van der Waals surface area contributed by atoms with E-state index in [9.17, 15) is 4.79 Å². The molecule has 1 fully saturated rings. The molecule has 0 aromatic carbocycles. The third-order valence-electron chi connectivity index (χ3n) is 3.32. The predicted molar refractivity (Wildman–Crippen MR) is 67.0 cm³/mol. The number of hydrogen-bond acceptors (Lipinski definition) is 4. The van der Waals surface area contributed by atoms with E-state index in [2.05, 4.69) is 24.0 Å². The van der Waals surface area contributed by atoms with E-state index >= 15 is 0 Å². The van der Waals surface area contributed by atoms with Crippen LogP contribution in [0.15, 0.2) is 4.42 Å². The summed E-state index contributed by atoms with van der Waals surface area (Å²) in [5.41, 5.74) is 0. The van der Waals surface area contributed by atoms with Gasteiger partial charge < -0.3 is 9.32 Å². The smallest absolute Gasteiger partial charge is 0.222 e. The zero-order valence-corrected chi connectivity index (χ0v) is 11.3. The summed E-state index contributed by atoms with van der Waals surface area (Å²) in [5.74, 6) is 2.35. The van der Waals surface area contributed by atoms with Gasteiger partial charge in [-0.3, -0.25) is 4.79 Å². The molecule has 1 amide bonds. The Morgan fingerprint density at radius 3 is 2.56 bits per heavy atom. The van der Waals surface area contributed by atoms with E-state index in [1.807, 2.05) is 4.90 Å². The van der Waals surface area contributed by atoms with Crippen molar-refractivity contribution in [1.82, 2.24) is 15.1 Å². The van der Waals surface area contributed by atoms with Crippen molar-refractivity contribution in [3.8, 4) is 0 Å². The van der Waals surface area contributed by atoms with Crippen LogP contribution in [0.3, 0.4) is 0 Å². The van der Waals surface area contributed by atoms with Crippen molar-refractivity contribution in [1.29, 1.82) is 0 Å². The normalized spacial score (nSPS) is 17.4. The van der Waals surface area contributed by atoms with Crippen LogP contribution in [-0.2, 0) is 4.79 Å². The molecule has 0 aliphatic carbocycles. The third-order valence-corrected chi connectivity index (χ3v) is 3.32. The summed E-state index contributed by atoms with van der Waals surface area (Å²) in [7, 11) is 0. The van der Waals surface area contributed by atoms with Crippen LogP contribution in [0.4, 0.5) is 0 Å². The number of nitrogens with zero attached hydrogens (tertiary/aromatic N) is 3. The Morgan fingerprint density at radius 1 is 1.39 bits per heavy atom. The van der Waals surface area contributed by atoms with Crippen LogP contribution >= 0.6 is 0 Å². The molecule has 1 aliphatic rings. The van der Waals surface area contributed by atoms with E-state index < -0.39 is 0 Å². The fraction of sp³-hybridized carbons (Fsp3) is 0.769. The van der Waals surface area contributed by atoms with E-state index in [0.717, 1.165) is 31.8 Å². The molecule has 2 rings (SSSR count). The second-order valence-electron chi connectivity index (χ2n) is 5.41. The maximum Gasteiger partial charge on any atom is 0.222 e. The standard InChI is InChI=1S/C13H21N3O2/c1-9(2)8-12(17)16-6-4-11(5-7-16)13-15-14-10(3)18-13/h9,11H,4-8H2,1-3H3. The van der Waals surface area contributed by atoms with Crippen molar-refractivity contribution >= 4 is 5.91 Å². The fourth-order valence-electron chi connectivity index (χ4n) is 2.33. The lowest BCUT2D eigenvalue weighted by Crippen LogP contribution is -2.38. The van der Waals surface area contributed by atoms with Gasteiger partial charge in [0.2, 0.25) is 17.7 Å². The molecular weight excluding hydrogens is 230 g/mol. The number of hydrogen-bond donors (Lipinski definition) is 0. The molecule has 0 radical (unpaired) electrons. The van der Waals surface area contributed by atoms with Crippen molar-refractivity contribution in [3.05, 3.63) is 11.8 Å². The van der Waals surface area contributed by atoms with Gasteiger partial charge >= 0.3 is 0 Å². The van der Waals surface area contributed by atoms with Crippen molar-refractivity contribution in [2.75, 3.05) is 13.1 Å². The molecular formula is C13H21N3O2. The van der Waals surface area contributed by atoms with Gasteiger partial charge in [-0.15, -0.1) is 10.2 Å². The molecule has 0 saturated carbocycles. The predicted octanol–water partition coefficient (Wildman–Crippen LogP) is 2.13. The first-order valence-corrected chi connectivity index (χ1v) is 6.64. The molecule has 100 valence electrons. The summed E-state index contributed by atoms with van der Waals surface area (Å²) in [4.78, 5) is 13.9. The Balaban J connectivity index is 1.86. The summed E-state index contributed by atoms with van der Waals surface area (Å²) in [6.45, 7) is 7.56. The molecule has 18 heavy (non-hydrogen) atoms.